The van der Waals surface area contributed by atoms with Crippen molar-refractivity contribution in [2.24, 2.45) is 5.92 Å². The van der Waals surface area contributed by atoms with Gasteiger partial charge in [0.25, 0.3) is 0 Å². The third-order valence-corrected chi connectivity index (χ3v) is 8.08. The fraction of sp³-hybridized carbons (Fsp3) is 0.556. The summed E-state index contributed by atoms with van der Waals surface area (Å²) in [7, 11) is 8.31. The highest BCUT2D eigenvalue weighted by Crippen LogP contribution is 2.43. The van der Waals surface area contributed by atoms with E-state index in [1.54, 1.807) is 35.5 Å². The van der Waals surface area contributed by atoms with Crippen molar-refractivity contribution in [3.8, 4) is 28.7 Å². The molecule has 2 N–H and O–H groups in total. The Morgan fingerprint density at radius 2 is 1.25 bits per heavy atom. The summed E-state index contributed by atoms with van der Waals surface area (Å²) in [6, 6.07) is 8.45. The van der Waals surface area contributed by atoms with Crippen LogP contribution in [-0.4, -0.2) is 63.5 Å². The number of fused-ring (bicyclic) bond motifs is 2. The molecule has 2 aromatic carbocycles. The minimum Gasteiger partial charge on any atom is -0.493 e. The minimum absolute atomic E-state index is 0.639. The van der Waals surface area contributed by atoms with Gasteiger partial charge in [-0.15, -0.1) is 0 Å². The van der Waals surface area contributed by atoms with E-state index in [4.69, 9.17) is 23.7 Å². The first-order valence-electron chi connectivity index (χ1n) is 16.0. The van der Waals surface area contributed by atoms with E-state index in [0.29, 0.717) is 17.4 Å². The van der Waals surface area contributed by atoms with Crippen LogP contribution in [-0.2, 0) is 13.0 Å². The number of unbranched alkanes of at least 4 members (excludes halogenated alkanes) is 1. The highest BCUT2D eigenvalue weighted by molar-refractivity contribution is 5.92. The maximum atomic E-state index is 5.60. The van der Waals surface area contributed by atoms with Gasteiger partial charge < -0.3 is 33.7 Å². The standard InChI is InChI=1S/C19H30N2O2.C17H25NO3/c1-6-8-10-21(9-7-2)13-15-12-16-17(20-15)11-14(3)18(22-4)19(16)23-5;1-6-7-11(2)8-12-9-13-14(18-12)10-15(19-3)17(21-5)16(13)20-4/h11-12,20H,6-10,13H2,1-5H3;9-11,18H,6-8H2,1-5H3. The van der Waals surface area contributed by atoms with Gasteiger partial charge in [-0.3, -0.25) is 4.90 Å². The molecule has 1 unspecified atom stereocenters. The molecule has 2 heterocycles. The van der Waals surface area contributed by atoms with Crippen LogP contribution in [0.1, 0.15) is 76.8 Å². The topological polar surface area (TPSA) is 81.0 Å². The maximum absolute atomic E-state index is 5.60. The van der Waals surface area contributed by atoms with Crippen LogP contribution in [0.15, 0.2) is 24.3 Å². The van der Waals surface area contributed by atoms with E-state index in [9.17, 15) is 0 Å². The summed E-state index contributed by atoms with van der Waals surface area (Å²) in [6.45, 7) is 14.3. The van der Waals surface area contributed by atoms with Gasteiger partial charge in [0.2, 0.25) is 5.75 Å². The van der Waals surface area contributed by atoms with Crippen molar-refractivity contribution in [2.75, 3.05) is 48.6 Å². The average molecular weight is 610 g/mol. The molecular formula is C36H55N3O5. The Morgan fingerprint density at radius 1 is 0.659 bits per heavy atom. The zero-order valence-electron chi connectivity index (χ0n) is 28.7. The molecule has 44 heavy (non-hydrogen) atoms. The predicted octanol–water partition coefficient (Wildman–Crippen LogP) is 8.68. The van der Waals surface area contributed by atoms with Crippen LogP contribution in [0, 0.1) is 12.8 Å². The summed E-state index contributed by atoms with van der Waals surface area (Å²) in [5.74, 6) is 4.34. The number of aromatic amines is 2. The Morgan fingerprint density at radius 3 is 1.82 bits per heavy atom. The van der Waals surface area contributed by atoms with Crippen molar-refractivity contribution >= 4 is 21.8 Å². The minimum atomic E-state index is 0.639. The van der Waals surface area contributed by atoms with Crippen LogP contribution in [0.3, 0.4) is 0 Å². The molecule has 0 saturated carbocycles. The van der Waals surface area contributed by atoms with Gasteiger partial charge in [0, 0.05) is 40.3 Å². The van der Waals surface area contributed by atoms with Gasteiger partial charge in [0.1, 0.15) is 0 Å². The number of rotatable bonds is 16. The molecule has 0 spiro atoms. The molecule has 4 rings (SSSR count). The zero-order chi connectivity index (χ0) is 32.2. The molecular weight excluding hydrogens is 554 g/mol. The first-order valence-corrected chi connectivity index (χ1v) is 16.0. The van der Waals surface area contributed by atoms with E-state index in [0.717, 1.165) is 70.7 Å². The first-order chi connectivity index (χ1) is 21.3. The lowest BCUT2D eigenvalue weighted by molar-refractivity contribution is 0.259. The SMILES string of the molecule is CCCC(C)Cc1cc2c(OC)c(OC)c(OC)cc2[nH]1.CCCCN(CCC)Cc1cc2c(OC)c(OC)c(C)cc2[nH]1. The Balaban J connectivity index is 0.000000241. The van der Waals surface area contributed by atoms with Crippen molar-refractivity contribution in [2.45, 2.75) is 79.7 Å². The second kappa shape index (κ2) is 17.1. The lowest BCUT2D eigenvalue weighted by Gasteiger charge is -2.20. The molecule has 0 aliphatic heterocycles. The maximum Gasteiger partial charge on any atom is 0.204 e. The molecule has 0 amide bonds. The Labute approximate surface area is 264 Å². The van der Waals surface area contributed by atoms with Crippen molar-refractivity contribution in [1.82, 2.24) is 14.9 Å². The number of H-pyrrole nitrogens is 2. The van der Waals surface area contributed by atoms with Crippen molar-refractivity contribution in [3.63, 3.8) is 0 Å². The summed E-state index contributed by atoms with van der Waals surface area (Å²) in [4.78, 5) is 9.54. The number of benzene rings is 2. The Bertz CT molecular complexity index is 1460. The summed E-state index contributed by atoms with van der Waals surface area (Å²) in [5, 5.41) is 2.13. The van der Waals surface area contributed by atoms with Crippen molar-refractivity contribution < 1.29 is 23.7 Å². The molecule has 0 aliphatic carbocycles. The molecule has 2 aromatic heterocycles. The number of methoxy groups -OCH3 is 5. The lowest BCUT2D eigenvalue weighted by atomic mass is 10.0. The third kappa shape index (κ3) is 8.35. The Kier molecular flexibility index (Phi) is 13.6. The van der Waals surface area contributed by atoms with Gasteiger partial charge in [0.05, 0.1) is 41.1 Å². The van der Waals surface area contributed by atoms with Gasteiger partial charge >= 0.3 is 0 Å². The summed E-state index contributed by atoms with van der Waals surface area (Å²) in [6.07, 6.45) is 7.15. The first kappa shape index (κ1) is 35.0. The zero-order valence-corrected chi connectivity index (χ0v) is 28.7. The van der Waals surface area contributed by atoms with Crippen LogP contribution in [0.2, 0.25) is 0 Å². The Hall–Kier alpha value is -3.52. The number of aryl methyl sites for hydroxylation is 1. The van der Waals surface area contributed by atoms with E-state index in [-0.39, 0.29) is 0 Å². The highest BCUT2D eigenvalue weighted by atomic mass is 16.5. The quantitative estimate of drug-likeness (QED) is 0.132. The van der Waals surface area contributed by atoms with Crippen LogP contribution >= 0.6 is 0 Å². The van der Waals surface area contributed by atoms with Gasteiger partial charge in [-0.2, -0.15) is 0 Å². The van der Waals surface area contributed by atoms with E-state index in [1.165, 1.54) is 43.5 Å². The van der Waals surface area contributed by atoms with Crippen LogP contribution in [0.25, 0.3) is 21.8 Å². The summed E-state index contributed by atoms with van der Waals surface area (Å²) < 4.78 is 27.5. The molecule has 0 bridgehead atoms. The third-order valence-electron chi connectivity index (χ3n) is 8.08. The van der Waals surface area contributed by atoms with Crippen LogP contribution in [0.5, 0.6) is 28.7 Å². The van der Waals surface area contributed by atoms with Gasteiger partial charge in [-0.05, 0) is 69.0 Å². The molecule has 0 fully saturated rings. The van der Waals surface area contributed by atoms with Crippen molar-refractivity contribution in [1.29, 1.82) is 0 Å². The molecule has 0 saturated heterocycles. The van der Waals surface area contributed by atoms with Crippen LogP contribution < -0.4 is 23.7 Å². The average Bonchev–Trinajstić information content (AvgIpc) is 3.60. The fourth-order valence-electron chi connectivity index (χ4n) is 6.05. The number of hydrogen-bond donors (Lipinski definition) is 2. The van der Waals surface area contributed by atoms with Crippen LogP contribution in [0.4, 0.5) is 0 Å². The van der Waals surface area contributed by atoms with E-state index >= 15 is 0 Å². The smallest absolute Gasteiger partial charge is 0.204 e. The predicted molar refractivity (Wildman–Crippen MR) is 182 cm³/mol. The largest absolute Gasteiger partial charge is 0.493 e. The number of nitrogens with one attached hydrogen (secondary N) is 2. The number of nitrogens with zero attached hydrogens (tertiary/aromatic N) is 1. The van der Waals surface area contributed by atoms with Gasteiger partial charge in [-0.25, -0.2) is 0 Å². The molecule has 244 valence electrons. The summed E-state index contributed by atoms with van der Waals surface area (Å²) in [5.41, 5.74) is 5.67. The normalized spacial score (nSPS) is 11.9. The summed E-state index contributed by atoms with van der Waals surface area (Å²) >= 11 is 0. The van der Waals surface area contributed by atoms with E-state index in [1.807, 2.05) is 13.0 Å². The second-order valence-electron chi connectivity index (χ2n) is 11.6. The van der Waals surface area contributed by atoms with Gasteiger partial charge in [-0.1, -0.05) is 47.0 Å². The van der Waals surface area contributed by atoms with E-state index < -0.39 is 0 Å². The molecule has 1 atom stereocenters. The fourth-order valence-corrected chi connectivity index (χ4v) is 6.05. The lowest BCUT2D eigenvalue weighted by Crippen LogP contribution is -2.25. The number of hydrogen-bond acceptors (Lipinski definition) is 6. The molecule has 0 aliphatic rings. The van der Waals surface area contributed by atoms with Gasteiger partial charge in [0.15, 0.2) is 23.0 Å². The molecule has 8 nitrogen and oxygen atoms in total. The van der Waals surface area contributed by atoms with E-state index in [2.05, 4.69) is 60.8 Å². The number of aromatic nitrogens is 2. The molecule has 0 radical (unpaired) electrons. The highest BCUT2D eigenvalue weighted by Gasteiger charge is 2.19. The molecule has 4 aromatic rings. The molecule has 8 heteroatoms. The second-order valence-corrected chi connectivity index (χ2v) is 11.6. The number of ether oxygens (including phenoxy) is 5. The monoisotopic (exact) mass is 609 g/mol. The van der Waals surface area contributed by atoms with Crippen molar-refractivity contribution in [3.05, 3.63) is 41.2 Å².